The molecule has 0 radical (unpaired) electrons. The lowest BCUT2D eigenvalue weighted by Crippen LogP contribution is -2.13. The quantitative estimate of drug-likeness (QED) is 0.580. The average Bonchev–Trinajstić information content (AvgIpc) is 2.58. The zero-order chi connectivity index (χ0) is 18.6. The Hall–Kier alpha value is -2.51. The molecule has 0 aliphatic heterocycles. The Bertz CT molecular complexity index is 730. The standard InChI is InChI=1S/C17H18F4N2O2/c1-4-24-11-7-6-10(8-12(11)25-5-2)9(3)22-15-13(18)16(20)23-17(21)14(15)19/h6-9H,4-5H2,1-3H3,(H,22,23). The predicted octanol–water partition coefficient (Wildman–Crippen LogP) is 4.61. The van der Waals surface area contributed by atoms with Crippen LogP contribution in [0.5, 0.6) is 11.5 Å². The van der Waals surface area contributed by atoms with Crippen LogP contribution in [-0.2, 0) is 0 Å². The van der Waals surface area contributed by atoms with Gasteiger partial charge in [-0.1, -0.05) is 6.07 Å². The van der Waals surface area contributed by atoms with E-state index in [0.29, 0.717) is 30.3 Å². The van der Waals surface area contributed by atoms with E-state index in [4.69, 9.17) is 9.47 Å². The van der Waals surface area contributed by atoms with Crippen LogP contribution >= 0.6 is 0 Å². The summed E-state index contributed by atoms with van der Waals surface area (Å²) in [7, 11) is 0. The number of benzene rings is 1. The molecule has 2 rings (SSSR count). The molecular weight excluding hydrogens is 340 g/mol. The minimum Gasteiger partial charge on any atom is -0.490 e. The molecule has 136 valence electrons. The number of nitrogens with zero attached hydrogens (tertiary/aromatic N) is 1. The zero-order valence-electron chi connectivity index (χ0n) is 14.0. The molecule has 1 atom stereocenters. The first-order valence-electron chi connectivity index (χ1n) is 7.75. The highest BCUT2D eigenvalue weighted by atomic mass is 19.2. The van der Waals surface area contributed by atoms with Crippen LogP contribution in [0, 0.1) is 23.5 Å². The minimum absolute atomic E-state index is 0.398. The maximum atomic E-state index is 13.7. The lowest BCUT2D eigenvalue weighted by atomic mass is 10.1. The van der Waals surface area contributed by atoms with Crippen molar-refractivity contribution in [3.63, 3.8) is 0 Å². The number of hydrogen-bond acceptors (Lipinski definition) is 4. The fourth-order valence-corrected chi connectivity index (χ4v) is 2.25. The summed E-state index contributed by atoms with van der Waals surface area (Å²) >= 11 is 0. The predicted molar refractivity (Wildman–Crippen MR) is 84.9 cm³/mol. The van der Waals surface area contributed by atoms with E-state index in [-0.39, 0.29) is 0 Å². The fraction of sp³-hybridized carbons (Fsp3) is 0.353. The van der Waals surface area contributed by atoms with Crippen LogP contribution in [0.4, 0.5) is 23.2 Å². The smallest absolute Gasteiger partial charge is 0.253 e. The maximum absolute atomic E-state index is 13.7. The first kappa shape index (κ1) is 18.8. The topological polar surface area (TPSA) is 43.4 Å². The van der Waals surface area contributed by atoms with Gasteiger partial charge in [-0.2, -0.15) is 22.5 Å². The zero-order valence-corrected chi connectivity index (χ0v) is 14.0. The van der Waals surface area contributed by atoms with Crippen molar-refractivity contribution in [1.82, 2.24) is 4.98 Å². The Morgan fingerprint density at radius 2 is 1.52 bits per heavy atom. The largest absolute Gasteiger partial charge is 0.490 e. The van der Waals surface area contributed by atoms with Gasteiger partial charge in [-0.05, 0) is 38.5 Å². The first-order valence-corrected chi connectivity index (χ1v) is 7.75. The third-order valence-corrected chi connectivity index (χ3v) is 3.43. The number of halogens is 4. The second kappa shape index (κ2) is 8.04. The summed E-state index contributed by atoms with van der Waals surface area (Å²) in [6.45, 7) is 6.05. The normalized spacial score (nSPS) is 12.0. The molecule has 0 saturated heterocycles. The lowest BCUT2D eigenvalue weighted by Gasteiger charge is -2.19. The molecule has 0 amide bonds. The molecule has 0 aliphatic carbocycles. The molecule has 0 saturated carbocycles. The molecular formula is C17H18F4N2O2. The number of aromatic nitrogens is 1. The van der Waals surface area contributed by atoms with E-state index in [1.165, 1.54) is 0 Å². The molecule has 0 spiro atoms. The third kappa shape index (κ3) is 4.12. The summed E-state index contributed by atoms with van der Waals surface area (Å²) in [5, 5.41) is 2.43. The monoisotopic (exact) mass is 358 g/mol. The number of pyridine rings is 1. The Kier molecular flexibility index (Phi) is 6.06. The van der Waals surface area contributed by atoms with Crippen molar-refractivity contribution in [2.24, 2.45) is 0 Å². The second-order valence-corrected chi connectivity index (χ2v) is 5.13. The summed E-state index contributed by atoms with van der Waals surface area (Å²) in [5.74, 6) is -5.60. The minimum atomic E-state index is -1.71. The molecule has 1 aromatic carbocycles. The van der Waals surface area contributed by atoms with E-state index in [1.807, 2.05) is 6.92 Å². The van der Waals surface area contributed by atoms with Crippen LogP contribution in [-0.4, -0.2) is 18.2 Å². The van der Waals surface area contributed by atoms with Crippen molar-refractivity contribution in [3.05, 3.63) is 47.3 Å². The van der Waals surface area contributed by atoms with E-state index >= 15 is 0 Å². The van der Waals surface area contributed by atoms with Gasteiger partial charge in [0.05, 0.1) is 13.2 Å². The summed E-state index contributed by atoms with van der Waals surface area (Å²) in [5.41, 5.74) is -0.326. The van der Waals surface area contributed by atoms with E-state index in [2.05, 4.69) is 10.3 Å². The SMILES string of the molecule is CCOc1ccc(C(C)Nc2c(F)c(F)nc(F)c2F)cc1OCC. The number of anilines is 1. The molecule has 1 aromatic heterocycles. The van der Waals surface area contributed by atoms with Gasteiger partial charge in [0.25, 0.3) is 11.9 Å². The van der Waals surface area contributed by atoms with Crippen molar-refractivity contribution in [3.8, 4) is 11.5 Å². The van der Waals surface area contributed by atoms with Crippen LogP contribution < -0.4 is 14.8 Å². The van der Waals surface area contributed by atoms with Crippen molar-refractivity contribution in [2.45, 2.75) is 26.8 Å². The van der Waals surface area contributed by atoms with Gasteiger partial charge >= 0.3 is 0 Å². The summed E-state index contributed by atoms with van der Waals surface area (Å²) in [6.07, 6.45) is 0. The molecule has 0 fully saturated rings. The van der Waals surface area contributed by atoms with Crippen molar-refractivity contribution >= 4 is 5.69 Å². The van der Waals surface area contributed by atoms with Gasteiger partial charge in [-0.15, -0.1) is 0 Å². The number of ether oxygens (including phenoxy) is 2. The van der Waals surface area contributed by atoms with Crippen LogP contribution in [0.1, 0.15) is 32.4 Å². The molecule has 8 heteroatoms. The van der Waals surface area contributed by atoms with Gasteiger partial charge in [0, 0.05) is 6.04 Å². The highest BCUT2D eigenvalue weighted by molar-refractivity contribution is 5.50. The Morgan fingerprint density at radius 3 is 2.08 bits per heavy atom. The highest BCUT2D eigenvalue weighted by Crippen LogP contribution is 2.33. The van der Waals surface area contributed by atoms with Gasteiger partial charge in [0.1, 0.15) is 5.69 Å². The molecule has 25 heavy (non-hydrogen) atoms. The van der Waals surface area contributed by atoms with Crippen molar-refractivity contribution in [2.75, 3.05) is 18.5 Å². The number of nitrogens with one attached hydrogen (secondary N) is 1. The summed E-state index contributed by atoms with van der Waals surface area (Å²) < 4.78 is 64.8. The number of hydrogen-bond donors (Lipinski definition) is 1. The van der Waals surface area contributed by atoms with Gasteiger partial charge in [-0.3, -0.25) is 0 Å². The fourth-order valence-electron chi connectivity index (χ4n) is 2.25. The summed E-state index contributed by atoms with van der Waals surface area (Å²) in [6, 6.07) is 4.29. The van der Waals surface area contributed by atoms with Crippen LogP contribution in [0.3, 0.4) is 0 Å². The van der Waals surface area contributed by atoms with E-state index in [0.717, 1.165) is 0 Å². The van der Waals surface area contributed by atoms with Crippen LogP contribution in [0.2, 0.25) is 0 Å². The van der Waals surface area contributed by atoms with Crippen LogP contribution in [0.25, 0.3) is 0 Å². The first-order chi connectivity index (χ1) is 11.9. The van der Waals surface area contributed by atoms with Gasteiger partial charge in [0.15, 0.2) is 11.5 Å². The Morgan fingerprint density at radius 1 is 0.960 bits per heavy atom. The van der Waals surface area contributed by atoms with Gasteiger partial charge in [-0.25, -0.2) is 0 Å². The second-order valence-electron chi connectivity index (χ2n) is 5.13. The summed E-state index contributed by atoms with van der Waals surface area (Å²) in [4.78, 5) is 2.52. The van der Waals surface area contributed by atoms with E-state index in [1.54, 1.807) is 32.0 Å². The molecule has 0 bridgehead atoms. The molecule has 1 N–H and O–H groups in total. The van der Waals surface area contributed by atoms with E-state index in [9.17, 15) is 17.6 Å². The van der Waals surface area contributed by atoms with Gasteiger partial charge in [0.2, 0.25) is 11.6 Å². The van der Waals surface area contributed by atoms with Crippen LogP contribution in [0.15, 0.2) is 18.2 Å². The molecule has 1 heterocycles. The highest BCUT2D eigenvalue weighted by Gasteiger charge is 2.22. The molecule has 2 aromatic rings. The Labute approximate surface area is 142 Å². The van der Waals surface area contributed by atoms with Crippen molar-refractivity contribution in [1.29, 1.82) is 0 Å². The molecule has 4 nitrogen and oxygen atoms in total. The van der Waals surface area contributed by atoms with Crippen molar-refractivity contribution < 1.29 is 27.0 Å². The lowest BCUT2D eigenvalue weighted by molar-refractivity contribution is 0.287. The van der Waals surface area contributed by atoms with Gasteiger partial charge < -0.3 is 14.8 Å². The van der Waals surface area contributed by atoms with E-state index < -0.39 is 35.3 Å². The number of rotatable bonds is 7. The third-order valence-electron chi connectivity index (χ3n) is 3.43. The average molecular weight is 358 g/mol. The molecule has 1 unspecified atom stereocenters. The Balaban J connectivity index is 2.33. The molecule has 0 aliphatic rings. The maximum Gasteiger partial charge on any atom is 0.253 e.